The molecular formula is C45H79O14Si4Y-2. The number of hydrogen-bond donors (Lipinski definition) is 1. The molecule has 2 heterocycles. The number of carboxylic acids is 1. The minimum absolute atomic E-state index is 0. The molecule has 64 heavy (non-hydrogen) atoms. The van der Waals surface area contributed by atoms with Crippen molar-refractivity contribution in [1.82, 2.24) is 0 Å². The summed E-state index contributed by atoms with van der Waals surface area (Å²) in [5.74, 6) is -7.57. The first-order valence-corrected chi connectivity index (χ1v) is 32.1. The summed E-state index contributed by atoms with van der Waals surface area (Å²) in [6.07, 6.45) is 1.11. The van der Waals surface area contributed by atoms with Crippen molar-refractivity contribution in [3.63, 3.8) is 0 Å². The van der Waals surface area contributed by atoms with Crippen LogP contribution in [0.1, 0.15) is 129 Å². The summed E-state index contributed by atoms with van der Waals surface area (Å²) in [6.45, 7) is 31.4. The number of cyclic esters (lactones) is 2. The molecule has 2 aliphatic rings. The minimum Gasteiger partial charge on any atom is -0.634 e. The molecule has 19 heteroatoms. The van der Waals surface area contributed by atoms with E-state index in [0.29, 0.717) is 12.2 Å². The van der Waals surface area contributed by atoms with E-state index in [1.165, 1.54) is 25.4 Å². The molecule has 364 valence electrons. The third-order valence-electron chi connectivity index (χ3n) is 12.5. The SMILES string of the molecule is CCC(C)(C)C(=O)O[C-](C)C.CCC(C)(CC(C)(CC(C)(CC(=O)OC)C1C(=O)OC(=O)C1CC(C)(C)C(=O)OCO[Si]1(C)C[Si](C)C[Si](C)C[Si](C)C1)C(=O)O)C(=O)O[C-](C)C.[Y]. The molecule has 0 saturated carbocycles. The van der Waals surface area contributed by atoms with Crippen LogP contribution in [0.4, 0.5) is 0 Å². The van der Waals surface area contributed by atoms with Gasteiger partial charge in [-0.1, -0.05) is 51.7 Å². The van der Waals surface area contributed by atoms with E-state index in [-0.39, 0.29) is 85.4 Å². The van der Waals surface area contributed by atoms with Gasteiger partial charge in [0.2, 0.25) is 0 Å². The Balaban J connectivity index is 0.00000290. The van der Waals surface area contributed by atoms with Gasteiger partial charge in [0.05, 0.1) is 47.0 Å². The second-order valence-corrected chi connectivity index (χ2v) is 35.6. The van der Waals surface area contributed by atoms with Crippen LogP contribution in [0.15, 0.2) is 0 Å². The van der Waals surface area contributed by atoms with Crippen molar-refractivity contribution in [1.29, 1.82) is 0 Å². The molecule has 2 aliphatic heterocycles. The van der Waals surface area contributed by atoms with E-state index in [0.717, 1.165) is 17.8 Å². The van der Waals surface area contributed by atoms with Crippen LogP contribution in [0.25, 0.3) is 0 Å². The Kier molecular flexibility index (Phi) is 25.1. The molecule has 0 amide bonds. The molecule has 2 saturated heterocycles. The van der Waals surface area contributed by atoms with Crippen LogP contribution in [0.5, 0.6) is 0 Å². The molecule has 5 unspecified atom stereocenters. The molecule has 0 aromatic rings. The number of aliphatic carboxylic acids is 1. The van der Waals surface area contributed by atoms with Crippen molar-refractivity contribution >= 4 is 76.5 Å². The van der Waals surface area contributed by atoms with Gasteiger partial charge in [0.25, 0.3) is 11.9 Å². The van der Waals surface area contributed by atoms with Gasteiger partial charge in [-0.2, -0.15) is 27.7 Å². The second kappa shape index (κ2) is 25.7. The van der Waals surface area contributed by atoms with Crippen molar-refractivity contribution < 1.29 is 99.5 Å². The molecule has 0 bridgehead atoms. The number of carbonyl (C=O) groups is 7. The first-order chi connectivity index (χ1) is 28.6. The summed E-state index contributed by atoms with van der Waals surface area (Å²) in [6, 6.07) is 0. The molecule has 0 aromatic heterocycles. The van der Waals surface area contributed by atoms with Gasteiger partial charge >= 0.3 is 29.8 Å². The van der Waals surface area contributed by atoms with Crippen molar-refractivity contribution in [3.8, 4) is 0 Å². The third-order valence-corrected chi connectivity index (χ3v) is 33.8. The van der Waals surface area contributed by atoms with Gasteiger partial charge in [0.1, 0.15) is 0 Å². The summed E-state index contributed by atoms with van der Waals surface area (Å²) in [5.41, 5.74) is -1.09. The van der Waals surface area contributed by atoms with Crippen LogP contribution in [0.3, 0.4) is 0 Å². The van der Waals surface area contributed by atoms with Crippen molar-refractivity contribution in [2.75, 3.05) is 13.9 Å². The molecule has 2 rings (SSSR count). The van der Waals surface area contributed by atoms with Gasteiger partial charge in [-0.05, 0) is 96.9 Å². The third kappa shape index (κ3) is 18.5. The Labute approximate surface area is 415 Å². The number of esters is 6. The van der Waals surface area contributed by atoms with E-state index >= 15 is 0 Å². The maximum absolute atomic E-state index is 13.6. The molecule has 4 radical (unpaired) electrons. The number of hydrogen-bond acceptors (Lipinski definition) is 13. The van der Waals surface area contributed by atoms with Crippen molar-refractivity contribution in [2.45, 2.75) is 177 Å². The molecule has 2 fully saturated rings. The van der Waals surface area contributed by atoms with Crippen LogP contribution in [-0.4, -0.2) is 95.5 Å². The van der Waals surface area contributed by atoms with Gasteiger partial charge in [0.15, 0.2) is 15.1 Å². The van der Waals surface area contributed by atoms with Gasteiger partial charge in [-0.15, -0.1) is 12.2 Å². The number of methoxy groups -OCH3 is 1. The monoisotopic (exact) mass is 1040 g/mol. The molecular weight excluding hydrogens is 966 g/mol. The van der Waals surface area contributed by atoms with Crippen LogP contribution in [0, 0.1) is 51.1 Å². The smallest absolute Gasteiger partial charge is 0.318 e. The fourth-order valence-corrected chi connectivity index (χ4v) is 35.1. The predicted octanol–water partition coefficient (Wildman–Crippen LogP) is 8.86. The van der Waals surface area contributed by atoms with Crippen molar-refractivity contribution in [2.24, 2.45) is 38.9 Å². The van der Waals surface area contributed by atoms with Gasteiger partial charge < -0.3 is 33.2 Å². The van der Waals surface area contributed by atoms with Crippen LogP contribution in [-0.2, 0) is 94.4 Å². The Hall–Kier alpha value is -1.58. The zero-order valence-electron chi connectivity index (χ0n) is 42.3. The summed E-state index contributed by atoms with van der Waals surface area (Å²) < 4.78 is 32.7. The van der Waals surface area contributed by atoms with E-state index in [4.69, 9.17) is 28.1 Å². The Bertz CT molecular complexity index is 1610. The standard InChI is InChI=1S/C36H62O12Si4.C9H17O2.Y/c1-14-34(6,32(43)47-24(2)3)17-36(8,30(40)41)18-35(7,16-26(37)44-9)27-25(28(38)48-29(27)39)15-33(4,5)31(42)45-19-46-52(13)22-50(11)20-49(10)21-51(12)23-52;1-6-9(4,5)8(10)11-7(2)3;/h25,27H,14-23H2,1-13H3,(H,40,41);6H2,1-5H3;/q2*-1;. The van der Waals surface area contributed by atoms with E-state index in [2.05, 4.69) is 26.2 Å². The van der Waals surface area contributed by atoms with Crippen LogP contribution in [0.2, 0.25) is 48.9 Å². The van der Waals surface area contributed by atoms with Gasteiger partial charge in [-0.3, -0.25) is 33.6 Å². The summed E-state index contributed by atoms with van der Waals surface area (Å²) in [4.78, 5) is 91.0. The maximum atomic E-state index is 13.6. The summed E-state index contributed by atoms with van der Waals surface area (Å²) in [5, 5.41) is 10.6. The fourth-order valence-electron chi connectivity index (χ4n) is 8.99. The average Bonchev–Trinajstić information content (AvgIpc) is 3.41. The molecule has 0 aliphatic carbocycles. The molecule has 5 atom stereocenters. The molecule has 14 nitrogen and oxygen atoms in total. The van der Waals surface area contributed by atoms with Gasteiger partial charge in [-0.25, -0.2) is 0 Å². The number of carbonyl (C=O) groups excluding carboxylic acids is 6. The Morgan fingerprint density at radius 3 is 1.69 bits per heavy atom. The Morgan fingerprint density at radius 2 is 1.25 bits per heavy atom. The fraction of sp³-hybridized carbons (Fsp3) is 0.800. The van der Waals surface area contributed by atoms with E-state index in [1.54, 1.807) is 62.3 Å². The van der Waals surface area contributed by atoms with Crippen LogP contribution >= 0.6 is 0 Å². The quantitative estimate of drug-likeness (QED) is 0.0303. The van der Waals surface area contributed by atoms with E-state index < -0.39 is 102 Å². The largest absolute Gasteiger partial charge is 0.634 e. The molecule has 0 spiro atoms. The first-order valence-electron chi connectivity index (χ1n) is 22.0. The average molecular weight is 1050 g/mol. The number of carboxylic acid groups (broad SMARTS) is 1. The second-order valence-electron chi connectivity index (χ2n) is 21.0. The van der Waals surface area contributed by atoms with Gasteiger partial charge in [0, 0.05) is 59.1 Å². The Morgan fingerprint density at radius 1 is 0.750 bits per heavy atom. The normalized spacial score (nSPS) is 21.6. The van der Waals surface area contributed by atoms with Crippen LogP contribution < -0.4 is 0 Å². The zero-order valence-corrected chi connectivity index (χ0v) is 49.1. The van der Waals surface area contributed by atoms with E-state index in [1.807, 2.05) is 20.8 Å². The maximum Gasteiger partial charge on any atom is 0.318 e. The number of rotatable bonds is 20. The zero-order chi connectivity index (χ0) is 49.1. The summed E-state index contributed by atoms with van der Waals surface area (Å²) >= 11 is 0. The first kappa shape index (κ1) is 62.4. The predicted molar refractivity (Wildman–Crippen MR) is 248 cm³/mol. The van der Waals surface area contributed by atoms with Crippen molar-refractivity contribution in [3.05, 3.63) is 12.2 Å². The van der Waals surface area contributed by atoms with E-state index in [9.17, 15) is 38.7 Å². The number of ether oxygens (including phenoxy) is 5. The molecule has 0 aromatic carbocycles. The summed E-state index contributed by atoms with van der Waals surface area (Å²) in [7, 11) is -2.25. The molecule has 1 N–H and O–H groups in total. The topological polar surface area (TPSA) is 195 Å². The minimum atomic E-state index is -2.09.